The standard InChI is InChI=1S/C26H29FN2O4S/c1-20(2)33-24-12-6-8-21(18-24)9-7-17-28-26(30)19-29(23-10-4-3-5-11-23)34(31,32)25-15-13-22(27)14-16-25/h3-6,8,10-16,18,20H,7,9,17,19H2,1-2H3,(H,28,30). The van der Waals surface area contributed by atoms with E-state index in [-0.39, 0.29) is 17.5 Å². The van der Waals surface area contributed by atoms with Gasteiger partial charge in [-0.1, -0.05) is 30.3 Å². The number of hydrogen-bond acceptors (Lipinski definition) is 4. The molecular formula is C26H29FN2O4S. The van der Waals surface area contributed by atoms with Crippen LogP contribution in [0.1, 0.15) is 25.8 Å². The van der Waals surface area contributed by atoms with Crippen molar-refractivity contribution in [3.63, 3.8) is 0 Å². The van der Waals surface area contributed by atoms with E-state index in [4.69, 9.17) is 4.74 Å². The zero-order valence-corrected chi connectivity index (χ0v) is 20.1. The number of para-hydroxylation sites is 1. The highest BCUT2D eigenvalue weighted by Gasteiger charge is 2.27. The van der Waals surface area contributed by atoms with Gasteiger partial charge in [0.25, 0.3) is 10.0 Å². The van der Waals surface area contributed by atoms with Gasteiger partial charge >= 0.3 is 0 Å². The van der Waals surface area contributed by atoms with E-state index in [0.29, 0.717) is 18.7 Å². The van der Waals surface area contributed by atoms with Gasteiger partial charge in [-0.3, -0.25) is 9.10 Å². The lowest BCUT2D eigenvalue weighted by Crippen LogP contribution is -2.41. The van der Waals surface area contributed by atoms with Crippen LogP contribution in [0, 0.1) is 5.82 Å². The van der Waals surface area contributed by atoms with Crippen molar-refractivity contribution in [1.82, 2.24) is 5.32 Å². The number of benzene rings is 3. The fraction of sp³-hybridized carbons (Fsp3) is 0.269. The van der Waals surface area contributed by atoms with Crippen LogP contribution < -0.4 is 14.4 Å². The van der Waals surface area contributed by atoms with Crippen LogP contribution in [-0.4, -0.2) is 33.5 Å². The summed E-state index contributed by atoms with van der Waals surface area (Å²) in [5, 5.41) is 2.80. The summed E-state index contributed by atoms with van der Waals surface area (Å²) >= 11 is 0. The number of sulfonamides is 1. The predicted molar refractivity (Wildman–Crippen MR) is 131 cm³/mol. The van der Waals surface area contributed by atoms with Crippen molar-refractivity contribution in [1.29, 1.82) is 0 Å². The van der Waals surface area contributed by atoms with Gasteiger partial charge in [0.2, 0.25) is 5.91 Å². The third kappa shape index (κ3) is 7.05. The number of nitrogens with zero attached hydrogens (tertiary/aromatic N) is 1. The van der Waals surface area contributed by atoms with E-state index >= 15 is 0 Å². The van der Waals surface area contributed by atoms with Crippen molar-refractivity contribution >= 4 is 21.6 Å². The lowest BCUT2D eigenvalue weighted by molar-refractivity contribution is -0.119. The summed E-state index contributed by atoms with van der Waals surface area (Å²) in [6.07, 6.45) is 1.52. The SMILES string of the molecule is CC(C)Oc1cccc(CCCNC(=O)CN(c2ccccc2)S(=O)(=O)c2ccc(F)cc2)c1. The molecule has 0 saturated carbocycles. The fourth-order valence-corrected chi connectivity index (χ4v) is 4.82. The molecule has 3 aromatic rings. The van der Waals surface area contributed by atoms with Gasteiger partial charge in [0.1, 0.15) is 18.1 Å². The molecule has 6 nitrogen and oxygen atoms in total. The van der Waals surface area contributed by atoms with E-state index in [1.54, 1.807) is 30.3 Å². The summed E-state index contributed by atoms with van der Waals surface area (Å²) in [5.74, 6) is -0.156. The Labute approximate surface area is 200 Å². The van der Waals surface area contributed by atoms with Crippen LogP contribution in [0.5, 0.6) is 5.75 Å². The zero-order chi connectivity index (χ0) is 24.6. The van der Waals surface area contributed by atoms with Crippen molar-refractivity contribution < 1.29 is 22.3 Å². The van der Waals surface area contributed by atoms with E-state index in [2.05, 4.69) is 5.32 Å². The minimum atomic E-state index is -4.06. The Morgan fingerprint density at radius 3 is 2.38 bits per heavy atom. The quantitative estimate of drug-likeness (QED) is 0.405. The molecule has 0 aliphatic carbocycles. The molecule has 0 spiro atoms. The first-order valence-corrected chi connectivity index (χ1v) is 12.6. The summed E-state index contributed by atoms with van der Waals surface area (Å²) in [5.41, 5.74) is 1.45. The van der Waals surface area contributed by atoms with Gasteiger partial charge in [-0.05, 0) is 80.8 Å². The Kier molecular flexibility index (Phi) is 8.65. The first-order valence-electron chi connectivity index (χ1n) is 11.1. The van der Waals surface area contributed by atoms with Crippen LogP contribution in [0.4, 0.5) is 10.1 Å². The number of carbonyl (C=O) groups excluding carboxylic acids is 1. The molecule has 0 fully saturated rings. The molecule has 0 saturated heterocycles. The molecule has 3 rings (SSSR count). The first kappa shape index (κ1) is 25.2. The van der Waals surface area contributed by atoms with E-state index in [9.17, 15) is 17.6 Å². The highest BCUT2D eigenvalue weighted by atomic mass is 32.2. The maximum Gasteiger partial charge on any atom is 0.264 e. The zero-order valence-electron chi connectivity index (χ0n) is 19.3. The smallest absolute Gasteiger partial charge is 0.264 e. The average molecular weight is 485 g/mol. The lowest BCUT2D eigenvalue weighted by Gasteiger charge is -2.24. The molecule has 1 N–H and O–H groups in total. The van der Waals surface area contributed by atoms with E-state index in [1.165, 1.54) is 12.1 Å². The maximum absolute atomic E-state index is 13.3. The monoisotopic (exact) mass is 484 g/mol. The molecule has 0 aromatic heterocycles. The number of anilines is 1. The largest absolute Gasteiger partial charge is 0.491 e. The van der Waals surface area contributed by atoms with Gasteiger partial charge in [0.15, 0.2) is 0 Å². The van der Waals surface area contributed by atoms with Crippen molar-refractivity contribution in [3.8, 4) is 5.75 Å². The number of rotatable bonds is 11. The van der Waals surface area contributed by atoms with Gasteiger partial charge in [-0.15, -0.1) is 0 Å². The normalized spacial score (nSPS) is 11.3. The molecule has 0 unspecified atom stereocenters. The summed E-state index contributed by atoms with van der Waals surface area (Å²) in [4.78, 5) is 12.6. The van der Waals surface area contributed by atoms with E-state index in [1.807, 2.05) is 38.1 Å². The molecule has 3 aromatic carbocycles. The molecule has 0 radical (unpaired) electrons. The number of carbonyl (C=O) groups is 1. The molecule has 34 heavy (non-hydrogen) atoms. The number of halogens is 1. The summed E-state index contributed by atoms with van der Waals surface area (Å²) in [7, 11) is -4.06. The van der Waals surface area contributed by atoms with Crippen molar-refractivity contribution in [2.45, 2.75) is 37.7 Å². The molecule has 8 heteroatoms. The number of amides is 1. The third-order valence-electron chi connectivity index (χ3n) is 4.97. The third-order valence-corrected chi connectivity index (χ3v) is 6.76. The Bertz CT molecular complexity index is 1180. The van der Waals surface area contributed by atoms with Crippen LogP contribution in [-0.2, 0) is 21.2 Å². The second kappa shape index (κ2) is 11.7. The molecule has 0 aliphatic rings. The molecule has 0 bridgehead atoms. The van der Waals surface area contributed by atoms with Crippen LogP contribution in [0.3, 0.4) is 0 Å². The van der Waals surface area contributed by atoms with Crippen molar-refractivity contribution in [3.05, 3.63) is 90.2 Å². The van der Waals surface area contributed by atoms with Crippen molar-refractivity contribution in [2.24, 2.45) is 0 Å². The van der Waals surface area contributed by atoms with Gasteiger partial charge in [0, 0.05) is 6.54 Å². The van der Waals surface area contributed by atoms with Crippen LogP contribution in [0.2, 0.25) is 0 Å². The first-order chi connectivity index (χ1) is 16.3. The average Bonchev–Trinajstić information content (AvgIpc) is 2.81. The fourth-order valence-electron chi connectivity index (χ4n) is 3.40. The minimum Gasteiger partial charge on any atom is -0.491 e. The van der Waals surface area contributed by atoms with Gasteiger partial charge in [-0.2, -0.15) is 0 Å². The molecule has 0 heterocycles. The second-order valence-corrected chi connectivity index (χ2v) is 9.93. The number of aryl methyl sites for hydroxylation is 1. The Morgan fingerprint density at radius 1 is 1.00 bits per heavy atom. The van der Waals surface area contributed by atoms with E-state index in [0.717, 1.165) is 34.2 Å². The Morgan fingerprint density at radius 2 is 1.71 bits per heavy atom. The van der Waals surface area contributed by atoms with Gasteiger partial charge in [-0.25, -0.2) is 12.8 Å². The molecule has 0 aliphatic heterocycles. The second-order valence-electron chi connectivity index (χ2n) is 8.07. The Hall–Kier alpha value is -3.39. The number of ether oxygens (including phenoxy) is 1. The number of hydrogen-bond donors (Lipinski definition) is 1. The maximum atomic E-state index is 13.3. The van der Waals surface area contributed by atoms with Crippen LogP contribution in [0.15, 0.2) is 83.8 Å². The number of nitrogens with one attached hydrogen (secondary N) is 1. The van der Waals surface area contributed by atoms with Crippen molar-refractivity contribution in [2.75, 3.05) is 17.4 Å². The molecule has 0 atom stereocenters. The lowest BCUT2D eigenvalue weighted by atomic mass is 10.1. The minimum absolute atomic E-state index is 0.0888. The highest BCUT2D eigenvalue weighted by Crippen LogP contribution is 2.23. The van der Waals surface area contributed by atoms with Gasteiger partial charge < -0.3 is 10.1 Å². The topological polar surface area (TPSA) is 75.7 Å². The highest BCUT2D eigenvalue weighted by molar-refractivity contribution is 7.92. The molecule has 180 valence electrons. The summed E-state index contributed by atoms with van der Waals surface area (Å²) in [6.45, 7) is 3.95. The predicted octanol–water partition coefficient (Wildman–Crippen LogP) is 4.56. The Balaban J connectivity index is 1.62. The molecular weight excluding hydrogens is 455 g/mol. The van der Waals surface area contributed by atoms with E-state index < -0.39 is 21.7 Å². The van der Waals surface area contributed by atoms with Gasteiger partial charge in [0.05, 0.1) is 16.7 Å². The summed E-state index contributed by atoms with van der Waals surface area (Å²) in [6, 6.07) is 20.7. The van der Waals surface area contributed by atoms with Crippen LogP contribution >= 0.6 is 0 Å². The van der Waals surface area contributed by atoms with Crippen LogP contribution in [0.25, 0.3) is 0 Å². The molecule has 1 amide bonds. The summed E-state index contributed by atoms with van der Waals surface area (Å²) < 4.78 is 46.5.